The van der Waals surface area contributed by atoms with Crippen molar-refractivity contribution in [1.82, 2.24) is 0 Å². The predicted molar refractivity (Wildman–Crippen MR) is 84.3 cm³/mol. The summed E-state index contributed by atoms with van der Waals surface area (Å²) in [6, 6.07) is 12.9. The fourth-order valence-electron chi connectivity index (χ4n) is 1.81. The van der Waals surface area contributed by atoms with Crippen molar-refractivity contribution in [3.63, 3.8) is 0 Å². The SMILES string of the molecule is COC(=O)c1ccccc1CNc1ccc(Br)cc1Cl. The lowest BCUT2D eigenvalue weighted by Gasteiger charge is -2.11. The van der Waals surface area contributed by atoms with E-state index in [-0.39, 0.29) is 5.97 Å². The molecule has 0 aliphatic heterocycles. The van der Waals surface area contributed by atoms with Crippen LogP contribution in [-0.4, -0.2) is 13.1 Å². The minimum Gasteiger partial charge on any atom is -0.465 e. The summed E-state index contributed by atoms with van der Waals surface area (Å²) in [4.78, 5) is 11.7. The summed E-state index contributed by atoms with van der Waals surface area (Å²) in [5.74, 6) is -0.343. The molecule has 0 aliphatic rings. The molecule has 0 heterocycles. The van der Waals surface area contributed by atoms with Gasteiger partial charge in [0.15, 0.2) is 0 Å². The molecule has 0 radical (unpaired) electrons. The number of carbonyl (C=O) groups is 1. The molecule has 1 N–H and O–H groups in total. The zero-order chi connectivity index (χ0) is 14.5. The first-order chi connectivity index (χ1) is 9.61. The van der Waals surface area contributed by atoms with Crippen LogP contribution >= 0.6 is 27.5 Å². The number of methoxy groups -OCH3 is 1. The van der Waals surface area contributed by atoms with Gasteiger partial charge in [0.25, 0.3) is 0 Å². The first-order valence-corrected chi connectivity index (χ1v) is 7.14. The van der Waals surface area contributed by atoms with Crippen LogP contribution < -0.4 is 5.32 Å². The highest BCUT2D eigenvalue weighted by Crippen LogP contribution is 2.26. The van der Waals surface area contributed by atoms with Gasteiger partial charge in [-0.2, -0.15) is 0 Å². The Kier molecular flexibility index (Phi) is 5.04. The highest BCUT2D eigenvalue weighted by atomic mass is 79.9. The summed E-state index contributed by atoms with van der Waals surface area (Å²) in [6.07, 6.45) is 0. The van der Waals surface area contributed by atoms with Crippen molar-refractivity contribution < 1.29 is 9.53 Å². The van der Waals surface area contributed by atoms with Gasteiger partial charge in [0.05, 0.1) is 23.4 Å². The maximum Gasteiger partial charge on any atom is 0.338 e. The molecule has 2 aromatic carbocycles. The van der Waals surface area contributed by atoms with E-state index < -0.39 is 0 Å². The van der Waals surface area contributed by atoms with Crippen LogP contribution in [0.5, 0.6) is 0 Å². The maximum absolute atomic E-state index is 11.7. The molecule has 2 aromatic rings. The van der Waals surface area contributed by atoms with Gasteiger partial charge >= 0.3 is 5.97 Å². The van der Waals surface area contributed by atoms with Gasteiger partial charge in [-0.25, -0.2) is 4.79 Å². The number of hydrogen-bond acceptors (Lipinski definition) is 3. The molecule has 0 saturated carbocycles. The molecule has 5 heteroatoms. The number of rotatable bonds is 4. The van der Waals surface area contributed by atoms with Crippen molar-refractivity contribution in [2.45, 2.75) is 6.54 Å². The van der Waals surface area contributed by atoms with Gasteiger partial charge in [0.2, 0.25) is 0 Å². The Balaban J connectivity index is 2.17. The van der Waals surface area contributed by atoms with E-state index in [1.54, 1.807) is 6.07 Å². The quantitative estimate of drug-likeness (QED) is 0.822. The van der Waals surface area contributed by atoms with Crippen LogP contribution in [0.2, 0.25) is 5.02 Å². The van der Waals surface area contributed by atoms with Gasteiger partial charge in [-0.05, 0) is 29.8 Å². The van der Waals surface area contributed by atoms with Crippen molar-refractivity contribution >= 4 is 39.2 Å². The predicted octanol–water partition coefficient (Wildman–Crippen LogP) is 4.50. The second-order valence-electron chi connectivity index (χ2n) is 4.13. The maximum atomic E-state index is 11.7. The van der Waals surface area contributed by atoms with Crippen molar-refractivity contribution in [1.29, 1.82) is 0 Å². The normalized spacial score (nSPS) is 10.2. The first-order valence-electron chi connectivity index (χ1n) is 5.97. The molecule has 20 heavy (non-hydrogen) atoms. The molecule has 0 aliphatic carbocycles. The number of benzene rings is 2. The Morgan fingerprint density at radius 2 is 2.05 bits per heavy atom. The van der Waals surface area contributed by atoms with E-state index in [1.165, 1.54) is 7.11 Å². The van der Waals surface area contributed by atoms with E-state index in [9.17, 15) is 4.79 Å². The van der Waals surface area contributed by atoms with E-state index in [0.717, 1.165) is 15.7 Å². The average Bonchev–Trinajstić information content (AvgIpc) is 2.46. The summed E-state index contributed by atoms with van der Waals surface area (Å²) in [5.41, 5.74) is 2.23. The molecular weight excluding hydrogens is 342 g/mol. The van der Waals surface area contributed by atoms with Crippen molar-refractivity contribution in [3.05, 3.63) is 63.1 Å². The van der Waals surface area contributed by atoms with E-state index >= 15 is 0 Å². The molecule has 0 spiro atoms. The molecule has 0 atom stereocenters. The summed E-state index contributed by atoms with van der Waals surface area (Å²) in [6.45, 7) is 0.493. The minimum absolute atomic E-state index is 0.343. The van der Waals surface area contributed by atoms with Crippen LogP contribution in [0.1, 0.15) is 15.9 Å². The standard InChI is InChI=1S/C15H13BrClNO2/c1-20-15(19)12-5-3-2-4-10(12)9-18-14-7-6-11(16)8-13(14)17/h2-8,18H,9H2,1H3. The molecule has 0 bridgehead atoms. The van der Waals surface area contributed by atoms with Crippen LogP contribution in [0, 0.1) is 0 Å². The number of nitrogens with one attached hydrogen (secondary N) is 1. The number of carbonyl (C=O) groups excluding carboxylic acids is 1. The van der Waals surface area contributed by atoms with Crippen molar-refractivity contribution in [2.24, 2.45) is 0 Å². The summed E-state index contributed by atoms with van der Waals surface area (Å²) >= 11 is 9.50. The fraction of sp³-hybridized carbons (Fsp3) is 0.133. The summed E-state index contributed by atoms with van der Waals surface area (Å²) < 4.78 is 5.69. The Morgan fingerprint density at radius 1 is 1.30 bits per heavy atom. The molecular formula is C15H13BrClNO2. The zero-order valence-electron chi connectivity index (χ0n) is 10.8. The summed E-state index contributed by atoms with van der Waals surface area (Å²) in [5, 5.41) is 3.84. The molecule has 3 nitrogen and oxygen atoms in total. The molecule has 0 unspecified atom stereocenters. The van der Waals surface area contributed by atoms with Gasteiger partial charge in [0, 0.05) is 11.0 Å². The van der Waals surface area contributed by atoms with Gasteiger partial charge in [0.1, 0.15) is 0 Å². The molecule has 0 saturated heterocycles. The van der Waals surface area contributed by atoms with Crippen molar-refractivity contribution in [2.75, 3.05) is 12.4 Å². The van der Waals surface area contributed by atoms with Gasteiger partial charge in [-0.15, -0.1) is 0 Å². The Bertz CT molecular complexity index is 631. The van der Waals surface area contributed by atoms with Crippen LogP contribution in [0.3, 0.4) is 0 Å². The zero-order valence-corrected chi connectivity index (χ0v) is 13.2. The third-order valence-electron chi connectivity index (χ3n) is 2.82. The number of anilines is 1. The van der Waals surface area contributed by atoms with Crippen LogP contribution in [0.25, 0.3) is 0 Å². The number of esters is 1. The van der Waals surface area contributed by atoms with E-state index in [4.69, 9.17) is 16.3 Å². The molecule has 0 amide bonds. The van der Waals surface area contributed by atoms with Crippen molar-refractivity contribution in [3.8, 4) is 0 Å². The molecule has 2 rings (SSSR count). The second-order valence-corrected chi connectivity index (χ2v) is 5.45. The lowest BCUT2D eigenvalue weighted by molar-refractivity contribution is 0.0599. The number of hydrogen-bond donors (Lipinski definition) is 1. The third kappa shape index (κ3) is 3.52. The highest BCUT2D eigenvalue weighted by Gasteiger charge is 2.11. The Hall–Kier alpha value is -1.52. The molecule has 0 fully saturated rings. The van der Waals surface area contributed by atoms with Crippen LogP contribution in [0.4, 0.5) is 5.69 Å². The monoisotopic (exact) mass is 353 g/mol. The minimum atomic E-state index is -0.343. The Morgan fingerprint density at radius 3 is 2.75 bits per heavy atom. The van der Waals surface area contributed by atoms with Crippen LogP contribution in [-0.2, 0) is 11.3 Å². The lowest BCUT2D eigenvalue weighted by atomic mass is 10.1. The lowest BCUT2D eigenvalue weighted by Crippen LogP contribution is -2.09. The topological polar surface area (TPSA) is 38.3 Å². The largest absolute Gasteiger partial charge is 0.465 e. The smallest absolute Gasteiger partial charge is 0.338 e. The van der Waals surface area contributed by atoms with Crippen LogP contribution in [0.15, 0.2) is 46.9 Å². The first kappa shape index (κ1) is 14.9. The number of ether oxygens (including phenoxy) is 1. The van der Waals surface area contributed by atoms with E-state index in [0.29, 0.717) is 17.1 Å². The second kappa shape index (κ2) is 6.77. The average molecular weight is 355 g/mol. The molecule has 104 valence electrons. The third-order valence-corrected chi connectivity index (χ3v) is 3.63. The number of halogens is 2. The highest BCUT2D eigenvalue weighted by molar-refractivity contribution is 9.10. The molecule has 0 aromatic heterocycles. The summed E-state index contributed by atoms with van der Waals surface area (Å²) in [7, 11) is 1.37. The van der Waals surface area contributed by atoms with E-state index in [2.05, 4.69) is 21.2 Å². The fourth-order valence-corrected chi connectivity index (χ4v) is 2.55. The Labute approximate surface area is 131 Å². The van der Waals surface area contributed by atoms with Gasteiger partial charge in [-0.1, -0.05) is 45.7 Å². The van der Waals surface area contributed by atoms with Gasteiger partial charge < -0.3 is 10.1 Å². The van der Waals surface area contributed by atoms with E-state index in [1.807, 2.05) is 36.4 Å². The van der Waals surface area contributed by atoms with Gasteiger partial charge in [-0.3, -0.25) is 0 Å².